The van der Waals surface area contributed by atoms with Crippen LogP contribution in [0.3, 0.4) is 0 Å². The van der Waals surface area contributed by atoms with Crippen LogP contribution in [0.5, 0.6) is 0 Å². The van der Waals surface area contributed by atoms with Gasteiger partial charge in [0.1, 0.15) is 11.3 Å². The number of ether oxygens (including phenoxy) is 2. The number of nitrogens with zero attached hydrogens (tertiary/aromatic N) is 1. The Kier molecular flexibility index (Phi) is 7.54. The average molecular weight is 459 g/mol. The maximum atomic E-state index is 13.0. The van der Waals surface area contributed by atoms with Crippen LogP contribution in [0.15, 0.2) is 41.3 Å². The van der Waals surface area contributed by atoms with Crippen molar-refractivity contribution in [3.05, 3.63) is 41.4 Å². The summed E-state index contributed by atoms with van der Waals surface area (Å²) in [7, 11) is -4.05. The molecule has 0 saturated carbocycles. The van der Waals surface area contributed by atoms with Gasteiger partial charge in [0.25, 0.3) is 0 Å². The summed E-state index contributed by atoms with van der Waals surface area (Å²) in [5.74, 6) is -0.640. The second kappa shape index (κ2) is 9.36. The van der Waals surface area contributed by atoms with Crippen LogP contribution in [0.25, 0.3) is 0 Å². The highest BCUT2D eigenvalue weighted by Gasteiger charge is 2.46. The minimum Gasteiger partial charge on any atom is -0.463 e. The maximum Gasteiger partial charge on any atom is 0.412 e. The highest BCUT2D eigenvalue weighted by Crippen LogP contribution is 2.32. The monoisotopic (exact) mass is 458 g/mol. The highest BCUT2D eigenvalue weighted by molar-refractivity contribution is 7.89. The molecule has 1 heterocycles. The number of amides is 1. The molecule has 1 N–H and O–H groups in total. The van der Waals surface area contributed by atoms with E-state index in [1.165, 1.54) is 35.2 Å². The quantitative estimate of drug-likeness (QED) is 0.517. The molecular formula is C20H27ClN2O6S. The fourth-order valence-corrected chi connectivity index (χ4v) is 4.51. The molecular weight excluding hydrogens is 432 g/mol. The van der Waals surface area contributed by atoms with Gasteiger partial charge in [-0.25, -0.2) is 18.0 Å². The fraction of sp³-hybridized carbons (Fsp3) is 0.500. The lowest BCUT2D eigenvalue weighted by Crippen LogP contribution is -2.58. The lowest BCUT2D eigenvalue weighted by atomic mass is 10.1. The minimum atomic E-state index is -4.05. The molecule has 1 atom stereocenters. The van der Waals surface area contributed by atoms with Gasteiger partial charge in [0.05, 0.1) is 11.5 Å². The van der Waals surface area contributed by atoms with Crippen LogP contribution < -0.4 is 4.72 Å². The van der Waals surface area contributed by atoms with E-state index in [0.29, 0.717) is 11.4 Å². The number of carbonyl (C=O) groups is 2. The summed E-state index contributed by atoms with van der Waals surface area (Å²) in [6.07, 6.45) is 2.54. The van der Waals surface area contributed by atoms with Gasteiger partial charge in [0, 0.05) is 17.6 Å². The van der Waals surface area contributed by atoms with Crippen LogP contribution in [0.1, 0.15) is 40.5 Å². The number of halogens is 1. The van der Waals surface area contributed by atoms with Crippen LogP contribution in [0, 0.1) is 0 Å². The molecule has 1 aromatic carbocycles. The molecule has 0 bridgehead atoms. The molecule has 166 valence electrons. The van der Waals surface area contributed by atoms with Crippen molar-refractivity contribution in [2.24, 2.45) is 0 Å². The number of hydrogen-bond donors (Lipinski definition) is 1. The molecule has 1 saturated heterocycles. The topological polar surface area (TPSA) is 102 Å². The summed E-state index contributed by atoms with van der Waals surface area (Å²) >= 11 is 5.85. The van der Waals surface area contributed by atoms with Crippen molar-refractivity contribution in [1.82, 2.24) is 9.62 Å². The number of nitrogens with one attached hydrogen (secondary N) is 1. The molecule has 1 aliphatic rings. The van der Waals surface area contributed by atoms with E-state index >= 15 is 0 Å². The second-order valence-corrected chi connectivity index (χ2v) is 9.92. The van der Waals surface area contributed by atoms with Gasteiger partial charge in [0.15, 0.2) is 0 Å². The lowest BCUT2D eigenvalue weighted by Gasteiger charge is -2.37. The van der Waals surface area contributed by atoms with Crippen molar-refractivity contribution in [2.75, 3.05) is 13.2 Å². The molecule has 8 nitrogen and oxygen atoms in total. The van der Waals surface area contributed by atoms with E-state index in [1.54, 1.807) is 27.7 Å². The summed E-state index contributed by atoms with van der Waals surface area (Å²) in [6, 6.07) is 5.63. The number of hydrogen-bond acceptors (Lipinski definition) is 6. The maximum absolute atomic E-state index is 13.0. The Labute approximate surface area is 182 Å². The molecule has 1 amide bonds. The standard InChI is InChI=1S/C20H27ClN2O6S/c1-5-28-17(24)11-13-20(12-6-14-23(20)18(25)29-19(2,3)4)22-30(26,27)16-9-7-15(21)8-10-16/h7-11,13,22H,5-6,12,14H2,1-4H3/t20-/m1/s1. The van der Waals surface area contributed by atoms with Crippen molar-refractivity contribution in [3.8, 4) is 0 Å². The number of likely N-dealkylation sites (tertiary alicyclic amines) is 1. The van der Waals surface area contributed by atoms with Crippen LogP contribution in [-0.4, -0.2) is 49.8 Å². The fourth-order valence-electron chi connectivity index (χ4n) is 3.03. The molecule has 1 fully saturated rings. The minimum absolute atomic E-state index is 0.0214. The van der Waals surface area contributed by atoms with Gasteiger partial charge in [-0.15, -0.1) is 0 Å². The highest BCUT2D eigenvalue weighted by atomic mass is 35.5. The molecule has 0 aliphatic carbocycles. The summed E-state index contributed by atoms with van der Waals surface area (Å²) in [5, 5.41) is 0.391. The van der Waals surface area contributed by atoms with Crippen LogP contribution in [0.2, 0.25) is 5.02 Å². The van der Waals surface area contributed by atoms with Gasteiger partial charge in [-0.05, 0) is 70.9 Å². The van der Waals surface area contributed by atoms with Crippen molar-refractivity contribution < 1.29 is 27.5 Å². The molecule has 1 aromatic rings. The van der Waals surface area contributed by atoms with Crippen molar-refractivity contribution in [2.45, 2.75) is 56.7 Å². The Hall–Kier alpha value is -2.10. The predicted octanol–water partition coefficient (Wildman–Crippen LogP) is 3.46. The largest absolute Gasteiger partial charge is 0.463 e. The zero-order valence-corrected chi connectivity index (χ0v) is 19.0. The van der Waals surface area contributed by atoms with Crippen LogP contribution >= 0.6 is 11.6 Å². The van der Waals surface area contributed by atoms with Gasteiger partial charge in [-0.2, -0.15) is 4.72 Å². The molecule has 0 spiro atoms. The number of rotatable bonds is 6. The zero-order valence-electron chi connectivity index (χ0n) is 17.5. The van der Waals surface area contributed by atoms with Crippen LogP contribution in [0.4, 0.5) is 4.79 Å². The summed E-state index contributed by atoms with van der Waals surface area (Å²) in [4.78, 5) is 26.0. The predicted molar refractivity (Wildman–Crippen MR) is 112 cm³/mol. The van der Waals surface area contributed by atoms with Gasteiger partial charge < -0.3 is 9.47 Å². The number of sulfonamides is 1. The second-order valence-electron chi connectivity index (χ2n) is 7.80. The first-order valence-corrected chi connectivity index (χ1v) is 11.4. The van der Waals surface area contributed by atoms with Crippen LogP contribution in [-0.2, 0) is 24.3 Å². The van der Waals surface area contributed by atoms with E-state index < -0.39 is 33.3 Å². The third-order valence-corrected chi connectivity index (χ3v) is 6.02. The van der Waals surface area contributed by atoms with Gasteiger partial charge >= 0.3 is 12.1 Å². The number of benzene rings is 1. The average Bonchev–Trinajstić information content (AvgIpc) is 3.02. The molecule has 0 radical (unpaired) electrons. The Balaban J connectivity index is 2.44. The SMILES string of the molecule is CCOC(=O)C=C[C@@]1(NS(=O)(=O)c2ccc(Cl)cc2)CCCN1C(=O)OC(C)(C)C. The first-order valence-electron chi connectivity index (χ1n) is 9.55. The number of carbonyl (C=O) groups excluding carboxylic acids is 2. The molecule has 0 unspecified atom stereocenters. The van der Waals surface area contributed by atoms with E-state index in [4.69, 9.17) is 21.1 Å². The van der Waals surface area contributed by atoms with Crippen molar-refractivity contribution in [1.29, 1.82) is 0 Å². The van der Waals surface area contributed by atoms with E-state index in [2.05, 4.69) is 4.72 Å². The molecule has 0 aromatic heterocycles. The normalized spacial score (nSPS) is 19.8. The smallest absolute Gasteiger partial charge is 0.412 e. The molecule has 2 rings (SSSR count). The third kappa shape index (κ3) is 6.20. The lowest BCUT2D eigenvalue weighted by molar-refractivity contribution is -0.137. The van der Waals surface area contributed by atoms with E-state index in [0.717, 1.165) is 6.08 Å². The van der Waals surface area contributed by atoms with Crippen molar-refractivity contribution >= 4 is 33.7 Å². The van der Waals surface area contributed by atoms with E-state index in [-0.39, 0.29) is 24.5 Å². The number of esters is 1. The first kappa shape index (κ1) is 24.2. The molecule has 10 heteroatoms. The molecule has 30 heavy (non-hydrogen) atoms. The Bertz CT molecular complexity index is 908. The Morgan fingerprint density at radius 3 is 2.47 bits per heavy atom. The van der Waals surface area contributed by atoms with Gasteiger partial charge in [-0.1, -0.05) is 11.6 Å². The summed E-state index contributed by atoms with van der Waals surface area (Å²) in [6.45, 7) is 7.24. The Morgan fingerprint density at radius 1 is 1.27 bits per heavy atom. The third-order valence-electron chi connectivity index (χ3n) is 4.25. The van der Waals surface area contributed by atoms with Gasteiger partial charge in [-0.3, -0.25) is 4.90 Å². The zero-order chi connectivity index (χ0) is 22.6. The summed E-state index contributed by atoms with van der Waals surface area (Å²) in [5.41, 5.74) is -2.25. The summed E-state index contributed by atoms with van der Waals surface area (Å²) < 4.78 is 39.0. The Morgan fingerprint density at radius 2 is 1.90 bits per heavy atom. The van der Waals surface area contributed by atoms with E-state index in [9.17, 15) is 18.0 Å². The molecule has 1 aliphatic heterocycles. The van der Waals surface area contributed by atoms with Crippen molar-refractivity contribution in [3.63, 3.8) is 0 Å². The van der Waals surface area contributed by atoms with Gasteiger partial charge in [0.2, 0.25) is 10.0 Å². The van der Waals surface area contributed by atoms with E-state index in [1.807, 2.05) is 0 Å². The first-order chi connectivity index (χ1) is 13.9.